The van der Waals surface area contributed by atoms with E-state index in [0.717, 1.165) is 31.2 Å². The molecule has 2 atom stereocenters. The second-order valence-corrected chi connectivity index (χ2v) is 7.57. The Morgan fingerprint density at radius 2 is 1.90 bits per heavy atom. The van der Waals surface area contributed by atoms with Crippen LogP contribution in [-0.2, 0) is 16.8 Å². The summed E-state index contributed by atoms with van der Waals surface area (Å²) < 4.78 is 28.4. The van der Waals surface area contributed by atoms with Gasteiger partial charge in [-0.15, -0.1) is 0 Å². The molecule has 0 saturated heterocycles. The molecule has 1 aliphatic carbocycles. The van der Waals surface area contributed by atoms with Crippen molar-refractivity contribution in [3.63, 3.8) is 0 Å². The van der Waals surface area contributed by atoms with Crippen LogP contribution in [-0.4, -0.2) is 37.5 Å². The fourth-order valence-corrected chi connectivity index (χ4v) is 3.64. The van der Waals surface area contributed by atoms with Crippen molar-refractivity contribution in [1.82, 2.24) is 9.03 Å². The van der Waals surface area contributed by atoms with Crippen molar-refractivity contribution in [1.29, 1.82) is 0 Å². The molecule has 0 spiro atoms. The fraction of sp³-hybridized carbons (Fsp3) is 0.600. The highest BCUT2D eigenvalue weighted by atomic mass is 32.2. The summed E-state index contributed by atoms with van der Waals surface area (Å²) in [6, 6.07) is 9.48. The lowest BCUT2D eigenvalue weighted by Gasteiger charge is -2.28. The Morgan fingerprint density at radius 3 is 2.57 bits per heavy atom. The van der Waals surface area contributed by atoms with Crippen LogP contribution in [0.5, 0.6) is 0 Å². The van der Waals surface area contributed by atoms with E-state index in [2.05, 4.69) is 4.72 Å². The standard InChI is InChI=1S/C15H24N2O3S/c1-17(12-13-7-3-2-4-8-13)21(19,20)16-11-14-9-5-6-10-15(14)18/h2-4,7-8,14-16,18H,5-6,9-12H2,1H3. The van der Waals surface area contributed by atoms with Crippen molar-refractivity contribution in [3.8, 4) is 0 Å². The highest BCUT2D eigenvalue weighted by Gasteiger charge is 2.26. The molecule has 1 aliphatic rings. The van der Waals surface area contributed by atoms with E-state index in [4.69, 9.17) is 0 Å². The van der Waals surface area contributed by atoms with Crippen LogP contribution in [0.4, 0.5) is 0 Å². The number of rotatable bonds is 6. The largest absolute Gasteiger partial charge is 0.393 e. The van der Waals surface area contributed by atoms with Gasteiger partial charge in [0.1, 0.15) is 0 Å². The molecule has 0 bridgehead atoms. The molecule has 5 nitrogen and oxygen atoms in total. The minimum atomic E-state index is -3.51. The molecule has 2 N–H and O–H groups in total. The minimum absolute atomic E-state index is 0.0265. The van der Waals surface area contributed by atoms with E-state index in [0.29, 0.717) is 13.1 Å². The van der Waals surface area contributed by atoms with Crippen molar-refractivity contribution in [2.75, 3.05) is 13.6 Å². The molecule has 0 aliphatic heterocycles. The van der Waals surface area contributed by atoms with Crippen molar-refractivity contribution in [2.24, 2.45) is 5.92 Å². The zero-order chi connectivity index (χ0) is 15.3. The normalized spacial score (nSPS) is 23.4. The Hall–Kier alpha value is -0.950. The summed E-state index contributed by atoms with van der Waals surface area (Å²) in [4.78, 5) is 0. The maximum atomic E-state index is 12.2. The Morgan fingerprint density at radius 1 is 1.24 bits per heavy atom. The van der Waals surface area contributed by atoms with E-state index < -0.39 is 10.2 Å². The van der Waals surface area contributed by atoms with Crippen LogP contribution >= 0.6 is 0 Å². The first-order valence-corrected chi connectivity index (χ1v) is 8.86. The average molecular weight is 312 g/mol. The fourth-order valence-electron chi connectivity index (χ4n) is 2.67. The van der Waals surface area contributed by atoms with Gasteiger partial charge in [-0.25, -0.2) is 4.72 Å². The topological polar surface area (TPSA) is 69.6 Å². The molecule has 0 radical (unpaired) electrons. The van der Waals surface area contributed by atoms with E-state index >= 15 is 0 Å². The van der Waals surface area contributed by atoms with Gasteiger partial charge in [0.05, 0.1) is 6.10 Å². The first-order valence-electron chi connectivity index (χ1n) is 7.42. The van der Waals surface area contributed by atoms with Gasteiger partial charge in [-0.1, -0.05) is 43.2 Å². The van der Waals surface area contributed by atoms with Crippen molar-refractivity contribution in [3.05, 3.63) is 35.9 Å². The van der Waals surface area contributed by atoms with Crippen LogP contribution in [0.15, 0.2) is 30.3 Å². The summed E-state index contributed by atoms with van der Waals surface area (Å²) in [6.07, 6.45) is 3.35. The number of hydrogen-bond donors (Lipinski definition) is 2. The smallest absolute Gasteiger partial charge is 0.279 e. The molecule has 21 heavy (non-hydrogen) atoms. The number of hydrogen-bond acceptors (Lipinski definition) is 3. The predicted octanol–water partition coefficient (Wildman–Crippen LogP) is 1.50. The summed E-state index contributed by atoms with van der Waals surface area (Å²) in [6.45, 7) is 0.645. The number of aliphatic hydroxyl groups excluding tert-OH is 1. The predicted molar refractivity (Wildman–Crippen MR) is 82.8 cm³/mol. The summed E-state index contributed by atoms with van der Waals surface area (Å²) in [5.41, 5.74) is 0.947. The molecular formula is C15H24N2O3S. The molecule has 0 heterocycles. The molecule has 1 fully saturated rings. The van der Waals surface area contributed by atoms with Crippen LogP contribution in [0, 0.1) is 5.92 Å². The third-order valence-electron chi connectivity index (χ3n) is 4.06. The van der Waals surface area contributed by atoms with Gasteiger partial charge in [0.25, 0.3) is 10.2 Å². The average Bonchev–Trinajstić information content (AvgIpc) is 2.47. The molecule has 118 valence electrons. The Kier molecular flexibility index (Phi) is 5.75. The summed E-state index contributed by atoms with van der Waals surface area (Å²) >= 11 is 0. The lowest BCUT2D eigenvalue weighted by atomic mass is 9.87. The Balaban J connectivity index is 1.88. The van der Waals surface area contributed by atoms with Crippen LogP contribution in [0.3, 0.4) is 0 Å². The lowest BCUT2D eigenvalue weighted by molar-refractivity contribution is 0.0722. The van der Waals surface area contributed by atoms with Gasteiger partial charge >= 0.3 is 0 Å². The van der Waals surface area contributed by atoms with Crippen LogP contribution in [0.2, 0.25) is 0 Å². The SMILES string of the molecule is CN(Cc1ccccc1)S(=O)(=O)NCC1CCCCC1O. The molecule has 2 unspecified atom stereocenters. The summed E-state index contributed by atoms with van der Waals surface area (Å²) in [7, 11) is -1.95. The van der Waals surface area contributed by atoms with Gasteiger partial charge in [0.15, 0.2) is 0 Å². The van der Waals surface area contributed by atoms with Crippen LogP contribution in [0.25, 0.3) is 0 Å². The number of nitrogens with one attached hydrogen (secondary N) is 1. The molecule has 0 aromatic heterocycles. The second-order valence-electron chi connectivity index (χ2n) is 5.71. The molecule has 2 rings (SSSR count). The Bertz CT molecular complexity index is 533. The maximum Gasteiger partial charge on any atom is 0.279 e. The quantitative estimate of drug-likeness (QED) is 0.836. The first-order chi connectivity index (χ1) is 9.99. The molecular weight excluding hydrogens is 288 g/mol. The molecule has 0 amide bonds. The van der Waals surface area contributed by atoms with E-state index in [1.807, 2.05) is 30.3 Å². The van der Waals surface area contributed by atoms with Crippen molar-refractivity contribution in [2.45, 2.75) is 38.3 Å². The zero-order valence-electron chi connectivity index (χ0n) is 12.4. The highest BCUT2D eigenvalue weighted by Crippen LogP contribution is 2.23. The van der Waals surface area contributed by atoms with Gasteiger partial charge in [0.2, 0.25) is 0 Å². The van der Waals surface area contributed by atoms with Gasteiger partial charge in [-0.05, 0) is 24.3 Å². The van der Waals surface area contributed by atoms with Gasteiger partial charge in [-0.3, -0.25) is 0 Å². The second kappa shape index (κ2) is 7.35. The maximum absolute atomic E-state index is 12.2. The molecule has 1 aromatic carbocycles. The molecule has 1 aromatic rings. The van der Waals surface area contributed by atoms with Crippen LogP contribution in [0.1, 0.15) is 31.2 Å². The summed E-state index contributed by atoms with van der Waals surface area (Å²) in [5.74, 6) is 0.0265. The number of aliphatic hydroxyl groups is 1. The minimum Gasteiger partial charge on any atom is -0.393 e. The Labute approximate surface area is 127 Å². The van der Waals surface area contributed by atoms with E-state index in [1.54, 1.807) is 7.05 Å². The zero-order valence-corrected chi connectivity index (χ0v) is 13.2. The van der Waals surface area contributed by atoms with Gasteiger partial charge < -0.3 is 5.11 Å². The summed E-state index contributed by atoms with van der Waals surface area (Å²) in [5, 5.41) is 9.89. The lowest BCUT2D eigenvalue weighted by Crippen LogP contribution is -2.42. The highest BCUT2D eigenvalue weighted by molar-refractivity contribution is 7.87. The monoisotopic (exact) mass is 312 g/mol. The third-order valence-corrected chi connectivity index (χ3v) is 5.54. The van der Waals surface area contributed by atoms with E-state index in [9.17, 15) is 13.5 Å². The molecule has 6 heteroatoms. The van der Waals surface area contributed by atoms with Crippen LogP contribution < -0.4 is 4.72 Å². The first kappa shape index (κ1) is 16.4. The van der Waals surface area contributed by atoms with Crippen molar-refractivity contribution >= 4 is 10.2 Å². The number of benzene rings is 1. The van der Waals surface area contributed by atoms with E-state index in [1.165, 1.54) is 4.31 Å². The van der Waals surface area contributed by atoms with Gasteiger partial charge in [0, 0.05) is 20.1 Å². The third kappa shape index (κ3) is 4.78. The van der Waals surface area contributed by atoms with Crippen molar-refractivity contribution < 1.29 is 13.5 Å². The molecule has 1 saturated carbocycles. The van der Waals surface area contributed by atoms with E-state index in [-0.39, 0.29) is 12.0 Å². The number of nitrogens with zero attached hydrogens (tertiary/aromatic N) is 1. The van der Waals surface area contributed by atoms with Gasteiger partial charge in [-0.2, -0.15) is 12.7 Å².